The average Bonchev–Trinajstić information content (AvgIpc) is 3.11. The van der Waals surface area contributed by atoms with Gasteiger partial charge in [0.2, 0.25) is 0 Å². The number of amides is 1. The predicted molar refractivity (Wildman–Crippen MR) is 62.1 cm³/mol. The Kier molecular flexibility index (Phi) is 3.45. The Hall–Kier alpha value is -2.11. The number of rotatable bonds is 5. The molecule has 0 radical (unpaired) electrons. The summed E-state index contributed by atoms with van der Waals surface area (Å²) in [7, 11) is 0. The first-order valence-electron chi connectivity index (χ1n) is 5.74. The standard InChI is InChI=1S/C12H14N2O4/c15-9-2-1-5-13-11(9)12(18)14-8(6-10(16)17)7-3-4-7/h1-2,5,7-8,15H,3-4,6H2,(H,14,18)(H,16,17). The minimum absolute atomic E-state index is 0.0754. The van der Waals surface area contributed by atoms with E-state index in [9.17, 15) is 14.7 Å². The van der Waals surface area contributed by atoms with E-state index in [1.165, 1.54) is 18.3 Å². The molecule has 0 saturated heterocycles. The number of pyridine rings is 1. The van der Waals surface area contributed by atoms with Crippen LogP contribution in [0.5, 0.6) is 5.75 Å². The van der Waals surface area contributed by atoms with Crippen LogP contribution in [0.25, 0.3) is 0 Å². The van der Waals surface area contributed by atoms with Crippen molar-refractivity contribution in [1.29, 1.82) is 0 Å². The molecule has 0 aromatic carbocycles. The number of hydrogen-bond donors (Lipinski definition) is 3. The lowest BCUT2D eigenvalue weighted by Crippen LogP contribution is -2.38. The Bertz CT molecular complexity index is 471. The maximum atomic E-state index is 11.9. The van der Waals surface area contributed by atoms with Gasteiger partial charge in [0.15, 0.2) is 5.69 Å². The van der Waals surface area contributed by atoms with Gasteiger partial charge in [-0.25, -0.2) is 4.98 Å². The van der Waals surface area contributed by atoms with Gasteiger partial charge in [-0.15, -0.1) is 0 Å². The number of nitrogens with zero attached hydrogens (tertiary/aromatic N) is 1. The van der Waals surface area contributed by atoms with Gasteiger partial charge in [0.1, 0.15) is 5.75 Å². The van der Waals surface area contributed by atoms with Crippen molar-refractivity contribution >= 4 is 11.9 Å². The summed E-state index contributed by atoms with van der Waals surface area (Å²) in [5.41, 5.74) is -0.0754. The van der Waals surface area contributed by atoms with Gasteiger partial charge in [-0.2, -0.15) is 0 Å². The lowest BCUT2D eigenvalue weighted by molar-refractivity contribution is -0.137. The van der Waals surface area contributed by atoms with Crippen LogP contribution in [0.3, 0.4) is 0 Å². The highest BCUT2D eigenvalue weighted by Gasteiger charge is 2.34. The van der Waals surface area contributed by atoms with Crippen LogP contribution >= 0.6 is 0 Å². The monoisotopic (exact) mass is 250 g/mol. The van der Waals surface area contributed by atoms with Crippen molar-refractivity contribution < 1.29 is 19.8 Å². The summed E-state index contributed by atoms with van der Waals surface area (Å²) in [5.74, 6) is -1.47. The van der Waals surface area contributed by atoms with Crippen molar-refractivity contribution in [2.24, 2.45) is 5.92 Å². The van der Waals surface area contributed by atoms with E-state index in [1.54, 1.807) is 0 Å². The van der Waals surface area contributed by atoms with Crippen molar-refractivity contribution in [3.05, 3.63) is 24.0 Å². The number of aromatic nitrogens is 1. The predicted octanol–water partition coefficient (Wildman–Crippen LogP) is 0.770. The number of carbonyl (C=O) groups excluding carboxylic acids is 1. The van der Waals surface area contributed by atoms with E-state index in [0.29, 0.717) is 0 Å². The van der Waals surface area contributed by atoms with Gasteiger partial charge in [0, 0.05) is 12.2 Å². The van der Waals surface area contributed by atoms with Crippen LogP contribution in [-0.2, 0) is 4.79 Å². The van der Waals surface area contributed by atoms with Crippen molar-refractivity contribution in [3.8, 4) is 5.75 Å². The van der Waals surface area contributed by atoms with Gasteiger partial charge in [0.25, 0.3) is 5.91 Å². The van der Waals surface area contributed by atoms with Crippen LogP contribution in [0.4, 0.5) is 0 Å². The smallest absolute Gasteiger partial charge is 0.305 e. The molecule has 1 heterocycles. The topological polar surface area (TPSA) is 99.5 Å². The summed E-state index contributed by atoms with van der Waals surface area (Å²) in [6.07, 6.45) is 3.14. The highest BCUT2D eigenvalue weighted by Crippen LogP contribution is 2.34. The number of carboxylic acid groups (broad SMARTS) is 1. The molecular formula is C12H14N2O4. The van der Waals surface area contributed by atoms with Crippen molar-refractivity contribution in [2.75, 3.05) is 0 Å². The Morgan fingerprint density at radius 1 is 1.50 bits per heavy atom. The molecule has 3 N–H and O–H groups in total. The van der Waals surface area contributed by atoms with E-state index in [-0.39, 0.29) is 23.8 Å². The maximum absolute atomic E-state index is 11.9. The van der Waals surface area contributed by atoms with Gasteiger partial charge < -0.3 is 15.5 Å². The summed E-state index contributed by atoms with van der Waals surface area (Å²) >= 11 is 0. The Balaban J connectivity index is 2.05. The molecule has 1 aromatic heterocycles. The molecule has 6 heteroatoms. The number of aliphatic carboxylic acids is 1. The largest absolute Gasteiger partial charge is 0.505 e. The van der Waals surface area contributed by atoms with Gasteiger partial charge >= 0.3 is 5.97 Å². The molecule has 1 aliphatic rings. The van der Waals surface area contributed by atoms with E-state index >= 15 is 0 Å². The maximum Gasteiger partial charge on any atom is 0.305 e. The lowest BCUT2D eigenvalue weighted by atomic mass is 10.1. The first kappa shape index (κ1) is 12.3. The van der Waals surface area contributed by atoms with Crippen molar-refractivity contribution in [1.82, 2.24) is 10.3 Å². The van der Waals surface area contributed by atoms with E-state index in [4.69, 9.17) is 5.11 Å². The fraction of sp³-hybridized carbons (Fsp3) is 0.417. The second-order valence-corrected chi connectivity index (χ2v) is 4.39. The van der Waals surface area contributed by atoms with Gasteiger partial charge in [-0.1, -0.05) is 0 Å². The summed E-state index contributed by atoms with van der Waals surface area (Å²) in [4.78, 5) is 26.4. The molecule has 0 spiro atoms. The summed E-state index contributed by atoms with van der Waals surface area (Å²) in [6.45, 7) is 0. The molecule has 6 nitrogen and oxygen atoms in total. The molecule has 2 rings (SSSR count). The van der Waals surface area contributed by atoms with Crippen LogP contribution < -0.4 is 5.32 Å². The molecule has 0 aliphatic heterocycles. The van der Waals surface area contributed by atoms with Crippen molar-refractivity contribution in [2.45, 2.75) is 25.3 Å². The number of carbonyl (C=O) groups is 2. The third kappa shape index (κ3) is 2.97. The number of aromatic hydroxyl groups is 1. The zero-order valence-corrected chi connectivity index (χ0v) is 9.67. The van der Waals surface area contributed by atoms with E-state index in [0.717, 1.165) is 12.8 Å². The lowest BCUT2D eigenvalue weighted by Gasteiger charge is -2.16. The summed E-state index contributed by atoms with van der Waals surface area (Å²) in [5, 5.41) is 20.9. The van der Waals surface area contributed by atoms with Crippen molar-refractivity contribution in [3.63, 3.8) is 0 Å². The normalized spacial score (nSPS) is 16.0. The van der Waals surface area contributed by atoms with Crippen LogP contribution in [0.2, 0.25) is 0 Å². The number of carboxylic acids is 1. The molecule has 1 aliphatic carbocycles. The Labute approximate surface area is 104 Å². The van der Waals surface area contributed by atoms with Crippen LogP contribution in [0, 0.1) is 5.92 Å². The highest BCUT2D eigenvalue weighted by atomic mass is 16.4. The number of hydrogen-bond acceptors (Lipinski definition) is 4. The van der Waals surface area contributed by atoms with E-state index < -0.39 is 17.9 Å². The summed E-state index contributed by atoms with van der Waals surface area (Å²) < 4.78 is 0. The molecule has 96 valence electrons. The number of nitrogens with one attached hydrogen (secondary N) is 1. The molecule has 1 unspecified atom stereocenters. The van der Waals surface area contributed by atoms with E-state index in [1.807, 2.05) is 0 Å². The van der Waals surface area contributed by atoms with Crippen LogP contribution in [0.1, 0.15) is 29.8 Å². The van der Waals surface area contributed by atoms with Gasteiger partial charge in [-0.05, 0) is 30.9 Å². The molecule has 18 heavy (non-hydrogen) atoms. The zero-order chi connectivity index (χ0) is 13.1. The minimum atomic E-state index is -0.947. The second-order valence-electron chi connectivity index (χ2n) is 4.39. The fourth-order valence-corrected chi connectivity index (χ4v) is 1.83. The molecule has 0 bridgehead atoms. The quantitative estimate of drug-likeness (QED) is 0.716. The molecule has 1 saturated carbocycles. The van der Waals surface area contributed by atoms with Gasteiger partial charge in [0.05, 0.1) is 6.42 Å². The van der Waals surface area contributed by atoms with Crippen LogP contribution in [0.15, 0.2) is 18.3 Å². The highest BCUT2D eigenvalue weighted by molar-refractivity contribution is 5.95. The fourth-order valence-electron chi connectivity index (χ4n) is 1.83. The third-order valence-electron chi connectivity index (χ3n) is 2.90. The first-order chi connectivity index (χ1) is 8.58. The first-order valence-corrected chi connectivity index (χ1v) is 5.74. The Morgan fingerprint density at radius 2 is 2.22 bits per heavy atom. The molecule has 1 aromatic rings. The van der Waals surface area contributed by atoms with Gasteiger partial charge in [-0.3, -0.25) is 9.59 Å². The SMILES string of the molecule is O=C(O)CC(NC(=O)c1ncccc1O)C1CC1. The average molecular weight is 250 g/mol. The molecular weight excluding hydrogens is 236 g/mol. The zero-order valence-electron chi connectivity index (χ0n) is 9.67. The third-order valence-corrected chi connectivity index (χ3v) is 2.90. The Morgan fingerprint density at radius 3 is 2.78 bits per heavy atom. The second kappa shape index (κ2) is 5.03. The van der Waals surface area contributed by atoms with E-state index in [2.05, 4.69) is 10.3 Å². The molecule has 1 amide bonds. The summed E-state index contributed by atoms with van der Waals surface area (Å²) in [6, 6.07) is 2.49. The minimum Gasteiger partial charge on any atom is -0.505 e. The van der Waals surface area contributed by atoms with Crippen LogP contribution in [-0.4, -0.2) is 33.1 Å². The molecule has 1 fully saturated rings. The molecule has 1 atom stereocenters.